The minimum Gasteiger partial charge on any atom is -0.396 e. The van der Waals surface area contributed by atoms with Crippen LogP contribution in [0.4, 0.5) is 0 Å². The molecule has 5 nitrogen and oxygen atoms in total. The fourth-order valence-corrected chi connectivity index (χ4v) is 3.42. The standard InChI is InChI=1S/C17H29N3O2/c1-5-17(12-21)8-10-20(11-9-17)16(22)7-6-15-13(2)18-19(4)14(15)3/h21H,5-12H2,1-4H3. The van der Waals surface area contributed by atoms with Crippen LogP contribution in [0.15, 0.2) is 0 Å². The summed E-state index contributed by atoms with van der Waals surface area (Å²) >= 11 is 0. The van der Waals surface area contributed by atoms with Gasteiger partial charge >= 0.3 is 0 Å². The highest BCUT2D eigenvalue weighted by atomic mass is 16.3. The van der Waals surface area contributed by atoms with E-state index in [1.165, 1.54) is 5.56 Å². The van der Waals surface area contributed by atoms with Crippen molar-refractivity contribution in [3.8, 4) is 0 Å². The molecule has 22 heavy (non-hydrogen) atoms. The first-order valence-electron chi connectivity index (χ1n) is 8.30. The number of hydrogen-bond donors (Lipinski definition) is 1. The Labute approximate surface area is 133 Å². The Morgan fingerprint density at radius 3 is 2.41 bits per heavy atom. The number of carbonyl (C=O) groups excluding carboxylic acids is 1. The summed E-state index contributed by atoms with van der Waals surface area (Å²) in [4.78, 5) is 14.4. The summed E-state index contributed by atoms with van der Waals surface area (Å²) < 4.78 is 1.88. The van der Waals surface area contributed by atoms with Crippen LogP contribution in [0, 0.1) is 19.3 Å². The first-order valence-corrected chi connectivity index (χ1v) is 8.30. The van der Waals surface area contributed by atoms with Crippen LogP contribution >= 0.6 is 0 Å². The third kappa shape index (κ3) is 3.35. The second-order valence-corrected chi connectivity index (χ2v) is 6.67. The van der Waals surface area contributed by atoms with Gasteiger partial charge in [0.05, 0.1) is 5.69 Å². The minimum absolute atomic E-state index is 0.0350. The summed E-state index contributed by atoms with van der Waals surface area (Å²) in [6, 6.07) is 0. The molecule has 0 radical (unpaired) electrons. The smallest absolute Gasteiger partial charge is 0.222 e. The summed E-state index contributed by atoms with van der Waals surface area (Å²) in [5.41, 5.74) is 3.41. The summed E-state index contributed by atoms with van der Waals surface area (Å²) in [5.74, 6) is 0.227. The van der Waals surface area contributed by atoms with Crippen molar-refractivity contribution in [2.24, 2.45) is 12.5 Å². The van der Waals surface area contributed by atoms with Gasteiger partial charge in [0.2, 0.25) is 5.91 Å². The Kier molecular flexibility index (Phi) is 5.27. The van der Waals surface area contributed by atoms with Gasteiger partial charge in [-0.1, -0.05) is 6.92 Å². The molecular weight excluding hydrogens is 278 g/mol. The van der Waals surface area contributed by atoms with E-state index >= 15 is 0 Å². The lowest BCUT2D eigenvalue weighted by Gasteiger charge is -2.40. The normalized spacial score (nSPS) is 17.8. The van der Waals surface area contributed by atoms with Crippen LogP contribution in [-0.2, 0) is 18.3 Å². The van der Waals surface area contributed by atoms with E-state index in [-0.39, 0.29) is 17.9 Å². The molecule has 1 saturated heterocycles. The number of carbonyl (C=O) groups is 1. The third-order valence-corrected chi connectivity index (χ3v) is 5.51. The van der Waals surface area contributed by atoms with Crippen LogP contribution in [0.5, 0.6) is 0 Å². The quantitative estimate of drug-likeness (QED) is 0.905. The van der Waals surface area contributed by atoms with Crippen molar-refractivity contribution in [2.45, 2.75) is 52.9 Å². The number of likely N-dealkylation sites (tertiary alicyclic amines) is 1. The highest BCUT2D eigenvalue weighted by Crippen LogP contribution is 2.34. The van der Waals surface area contributed by atoms with Gasteiger partial charge in [-0.3, -0.25) is 9.48 Å². The predicted molar refractivity (Wildman–Crippen MR) is 86.6 cm³/mol. The first kappa shape index (κ1) is 17.0. The Hall–Kier alpha value is -1.36. The number of rotatable bonds is 5. The Morgan fingerprint density at radius 2 is 1.95 bits per heavy atom. The lowest BCUT2D eigenvalue weighted by atomic mass is 9.77. The number of amides is 1. The van der Waals surface area contributed by atoms with Gasteiger partial charge in [-0.05, 0) is 50.5 Å². The molecule has 0 saturated carbocycles. The van der Waals surface area contributed by atoms with Crippen molar-refractivity contribution < 1.29 is 9.90 Å². The molecule has 2 heterocycles. The van der Waals surface area contributed by atoms with E-state index in [0.717, 1.165) is 50.2 Å². The van der Waals surface area contributed by atoms with E-state index in [0.29, 0.717) is 6.42 Å². The van der Waals surface area contributed by atoms with Crippen molar-refractivity contribution in [1.82, 2.24) is 14.7 Å². The van der Waals surface area contributed by atoms with Gasteiger partial charge in [0.15, 0.2) is 0 Å². The Bertz CT molecular complexity index is 522. The number of hydrogen-bond acceptors (Lipinski definition) is 3. The van der Waals surface area contributed by atoms with Crippen LogP contribution in [0.2, 0.25) is 0 Å². The number of piperidine rings is 1. The van der Waals surface area contributed by atoms with Gasteiger partial charge in [0, 0.05) is 38.9 Å². The maximum atomic E-state index is 12.4. The van der Waals surface area contributed by atoms with Gasteiger partial charge in [-0.15, -0.1) is 0 Å². The fourth-order valence-electron chi connectivity index (χ4n) is 3.42. The summed E-state index contributed by atoms with van der Waals surface area (Å²) in [6.45, 7) is 7.97. The first-order chi connectivity index (χ1) is 10.4. The number of aliphatic hydroxyl groups is 1. The Morgan fingerprint density at radius 1 is 1.32 bits per heavy atom. The second-order valence-electron chi connectivity index (χ2n) is 6.67. The van der Waals surface area contributed by atoms with E-state index in [4.69, 9.17) is 0 Å². The molecule has 1 aromatic rings. The fraction of sp³-hybridized carbons (Fsp3) is 0.765. The highest BCUT2D eigenvalue weighted by Gasteiger charge is 2.33. The SMILES string of the molecule is CCC1(CO)CCN(C(=O)CCc2c(C)nn(C)c2C)CC1. The predicted octanol–water partition coefficient (Wildman–Crippen LogP) is 1.98. The molecule has 1 fully saturated rings. The maximum absolute atomic E-state index is 12.4. The van der Waals surface area contributed by atoms with E-state index in [1.807, 2.05) is 23.6 Å². The van der Waals surface area contributed by atoms with E-state index in [1.54, 1.807) is 0 Å². The largest absolute Gasteiger partial charge is 0.396 e. The van der Waals surface area contributed by atoms with Crippen molar-refractivity contribution in [3.05, 3.63) is 17.0 Å². The maximum Gasteiger partial charge on any atom is 0.222 e. The molecule has 0 atom stereocenters. The number of nitrogens with zero attached hydrogens (tertiary/aromatic N) is 3. The minimum atomic E-state index is 0.0350. The van der Waals surface area contributed by atoms with Crippen LogP contribution in [0.3, 0.4) is 0 Å². The molecule has 1 aliphatic rings. The molecule has 0 unspecified atom stereocenters. The summed E-state index contributed by atoms with van der Waals surface area (Å²) in [5, 5.41) is 14.0. The lowest BCUT2D eigenvalue weighted by molar-refractivity contribution is -0.134. The van der Waals surface area contributed by atoms with Crippen LogP contribution < -0.4 is 0 Å². The summed E-state index contributed by atoms with van der Waals surface area (Å²) in [6.07, 6.45) is 4.12. The molecule has 124 valence electrons. The molecule has 2 rings (SSSR count). The summed E-state index contributed by atoms with van der Waals surface area (Å²) in [7, 11) is 1.94. The lowest BCUT2D eigenvalue weighted by Crippen LogP contribution is -2.44. The number of aryl methyl sites for hydroxylation is 2. The van der Waals surface area contributed by atoms with Gasteiger partial charge < -0.3 is 10.0 Å². The second kappa shape index (κ2) is 6.82. The molecule has 5 heteroatoms. The molecule has 0 bridgehead atoms. The molecule has 0 spiro atoms. The van der Waals surface area contributed by atoms with E-state index in [2.05, 4.69) is 18.9 Å². The average molecular weight is 307 g/mol. The van der Waals surface area contributed by atoms with E-state index < -0.39 is 0 Å². The van der Waals surface area contributed by atoms with Gasteiger partial charge in [-0.2, -0.15) is 5.10 Å². The van der Waals surface area contributed by atoms with E-state index in [9.17, 15) is 9.90 Å². The molecular formula is C17H29N3O2. The van der Waals surface area contributed by atoms with Gasteiger partial charge in [0.1, 0.15) is 0 Å². The topological polar surface area (TPSA) is 58.4 Å². The molecule has 1 amide bonds. The zero-order chi connectivity index (χ0) is 16.3. The highest BCUT2D eigenvalue weighted by molar-refractivity contribution is 5.76. The van der Waals surface area contributed by atoms with Crippen molar-refractivity contribution in [3.63, 3.8) is 0 Å². The van der Waals surface area contributed by atoms with Crippen LogP contribution in [-0.4, -0.2) is 45.4 Å². The zero-order valence-corrected chi connectivity index (χ0v) is 14.4. The average Bonchev–Trinajstić information content (AvgIpc) is 2.78. The van der Waals surface area contributed by atoms with Crippen molar-refractivity contribution in [2.75, 3.05) is 19.7 Å². The molecule has 0 aliphatic carbocycles. The Balaban J connectivity index is 1.89. The zero-order valence-electron chi connectivity index (χ0n) is 14.4. The number of aliphatic hydroxyl groups excluding tert-OH is 1. The van der Waals surface area contributed by atoms with Crippen LogP contribution in [0.1, 0.15) is 49.6 Å². The monoisotopic (exact) mass is 307 g/mol. The molecule has 1 N–H and O–H groups in total. The van der Waals surface area contributed by atoms with Crippen LogP contribution in [0.25, 0.3) is 0 Å². The third-order valence-electron chi connectivity index (χ3n) is 5.51. The molecule has 1 aromatic heterocycles. The molecule has 1 aliphatic heterocycles. The van der Waals surface area contributed by atoms with Crippen molar-refractivity contribution in [1.29, 1.82) is 0 Å². The van der Waals surface area contributed by atoms with Gasteiger partial charge in [-0.25, -0.2) is 0 Å². The van der Waals surface area contributed by atoms with Crippen molar-refractivity contribution >= 4 is 5.91 Å². The molecule has 0 aromatic carbocycles. The van der Waals surface area contributed by atoms with Gasteiger partial charge in [0.25, 0.3) is 0 Å². The number of aromatic nitrogens is 2.